The first-order chi connectivity index (χ1) is 15.5. The summed E-state index contributed by atoms with van der Waals surface area (Å²) in [6, 6.07) is 15.9. The summed E-state index contributed by atoms with van der Waals surface area (Å²) in [7, 11) is 1.59. The summed E-state index contributed by atoms with van der Waals surface area (Å²) < 4.78 is 10.8. The fraction of sp³-hybridized carbons (Fsp3) is 0.440. The lowest BCUT2D eigenvalue weighted by Crippen LogP contribution is -2.39. The number of anilines is 2. The molecule has 0 saturated carbocycles. The number of morpholine rings is 1. The number of rotatable bonds is 10. The fourth-order valence-electron chi connectivity index (χ4n) is 4.26. The zero-order valence-corrected chi connectivity index (χ0v) is 18.7. The summed E-state index contributed by atoms with van der Waals surface area (Å²) in [5, 5.41) is 22.0. The van der Waals surface area contributed by atoms with Crippen LogP contribution in [-0.2, 0) is 14.3 Å². The zero-order chi connectivity index (χ0) is 22.9. The van der Waals surface area contributed by atoms with Crippen molar-refractivity contribution in [2.75, 3.05) is 45.3 Å². The highest BCUT2D eigenvalue weighted by Gasteiger charge is 2.25. The predicted octanol–water partition coefficient (Wildman–Crippen LogP) is 4.29. The van der Waals surface area contributed by atoms with Crippen molar-refractivity contribution in [3.05, 3.63) is 59.2 Å². The van der Waals surface area contributed by atoms with Gasteiger partial charge >= 0.3 is 5.97 Å². The number of aliphatic carboxylic acids is 1. The molecular formula is C25H31N3O4. The highest BCUT2D eigenvalue weighted by Crippen LogP contribution is 2.35. The molecule has 7 nitrogen and oxygen atoms in total. The maximum absolute atomic E-state index is 11.4. The summed E-state index contributed by atoms with van der Waals surface area (Å²) in [6.07, 6.45) is 0.947. The van der Waals surface area contributed by atoms with Crippen molar-refractivity contribution >= 4 is 17.3 Å². The fourth-order valence-corrected chi connectivity index (χ4v) is 4.26. The molecule has 2 aromatic rings. The molecule has 1 heterocycles. The molecule has 2 N–H and O–H groups in total. The minimum Gasteiger partial charge on any atom is -0.481 e. The number of nitrogens with zero attached hydrogens (tertiary/aromatic N) is 2. The van der Waals surface area contributed by atoms with Crippen LogP contribution >= 0.6 is 0 Å². The van der Waals surface area contributed by atoms with Gasteiger partial charge in [0.15, 0.2) is 0 Å². The molecule has 1 aliphatic heterocycles. The van der Waals surface area contributed by atoms with E-state index in [-0.39, 0.29) is 18.4 Å². The van der Waals surface area contributed by atoms with E-state index in [0.29, 0.717) is 12.2 Å². The Bertz CT molecular complexity index is 933. The van der Waals surface area contributed by atoms with E-state index in [2.05, 4.69) is 29.3 Å². The Labute approximate surface area is 189 Å². The van der Waals surface area contributed by atoms with Crippen LogP contribution in [0.3, 0.4) is 0 Å². The molecule has 7 heteroatoms. The number of carboxylic acid groups (broad SMARTS) is 1. The van der Waals surface area contributed by atoms with Gasteiger partial charge in [-0.05, 0) is 47.9 Å². The molecule has 2 aromatic carbocycles. The number of nitrogens with one attached hydrogen (secondary N) is 1. The van der Waals surface area contributed by atoms with E-state index in [9.17, 15) is 9.90 Å². The topological polar surface area (TPSA) is 94.8 Å². The smallest absolute Gasteiger partial charge is 0.304 e. The van der Waals surface area contributed by atoms with Gasteiger partial charge in [0.05, 0.1) is 37.9 Å². The predicted molar refractivity (Wildman–Crippen MR) is 123 cm³/mol. The maximum atomic E-state index is 11.4. The van der Waals surface area contributed by atoms with Crippen molar-refractivity contribution in [2.45, 2.75) is 31.7 Å². The summed E-state index contributed by atoms with van der Waals surface area (Å²) in [5.74, 6) is -1.09. The van der Waals surface area contributed by atoms with Crippen LogP contribution < -0.4 is 5.32 Å². The maximum Gasteiger partial charge on any atom is 0.304 e. The third kappa shape index (κ3) is 6.07. The van der Waals surface area contributed by atoms with E-state index in [1.807, 2.05) is 24.3 Å². The van der Waals surface area contributed by atoms with Gasteiger partial charge in [-0.2, -0.15) is 5.26 Å². The van der Waals surface area contributed by atoms with Crippen molar-refractivity contribution in [1.82, 2.24) is 4.90 Å². The number of hydrogen-bond donors (Lipinski definition) is 2. The molecule has 0 amide bonds. The number of carboxylic acids is 1. The molecule has 3 rings (SSSR count). The van der Waals surface area contributed by atoms with E-state index in [1.165, 1.54) is 0 Å². The minimum absolute atomic E-state index is 0.00413. The van der Waals surface area contributed by atoms with Gasteiger partial charge in [-0.1, -0.05) is 19.1 Å². The Balaban J connectivity index is 1.99. The molecule has 0 bridgehead atoms. The van der Waals surface area contributed by atoms with Crippen LogP contribution in [0.25, 0.3) is 0 Å². The SMILES string of the molecule is CC[C@@H](c1ccc(C(COC)CC(=O)O)cc1Nc1ccc(C#N)cc1)N1CCOCC1. The van der Waals surface area contributed by atoms with Crippen molar-refractivity contribution in [3.8, 4) is 6.07 Å². The van der Waals surface area contributed by atoms with Crippen molar-refractivity contribution in [1.29, 1.82) is 5.26 Å². The van der Waals surface area contributed by atoms with Crippen LogP contribution in [0.5, 0.6) is 0 Å². The van der Waals surface area contributed by atoms with E-state index >= 15 is 0 Å². The molecule has 1 saturated heterocycles. The molecule has 2 atom stereocenters. The second-order valence-electron chi connectivity index (χ2n) is 7.98. The lowest BCUT2D eigenvalue weighted by atomic mass is 9.91. The molecule has 1 aliphatic rings. The molecule has 0 radical (unpaired) electrons. The van der Waals surface area contributed by atoms with Gasteiger partial charge in [0.2, 0.25) is 0 Å². The minimum atomic E-state index is -0.850. The Kier molecular flexibility index (Phi) is 8.63. The van der Waals surface area contributed by atoms with E-state index in [4.69, 9.17) is 14.7 Å². The van der Waals surface area contributed by atoms with Crippen LogP contribution in [-0.4, -0.2) is 56.0 Å². The van der Waals surface area contributed by atoms with Gasteiger partial charge in [0.1, 0.15) is 0 Å². The van der Waals surface area contributed by atoms with Gasteiger partial charge in [-0.3, -0.25) is 9.69 Å². The average Bonchev–Trinajstić information content (AvgIpc) is 2.81. The number of methoxy groups -OCH3 is 1. The second-order valence-corrected chi connectivity index (χ2v) is 7.98. The monoisotopic (exact) mass is 437 g/mol. The highest BCUT2D eigenvalue weighted by atomic mass is 16.5. The number of hydrogen-bond acceptors (Lipinski definition) is 6. The van der Waals surface area contributed by atoms with Gasteiger partial charge in [-0.15, -0.1) is 0 Å². The van der Waals surface area contributed by atoms with Crippen LogP contribution in [0.1, 0.15) is 48.4 Å². The summed E-state index contributed by atoms with van der Waals surface area (Å²) in [5.41, 5.74) is 4.50. The van der Waals surface area contributed by atoms with Crippen molar-refractivity contribution < 1.29 is 19.4 Å². The number of carbonyl (C=O) groups is 1. The van der Waals surface area contributed by atoms with Gasteiger partial charge in [0, 0.05) is 43.5 Å². The lowest BCUT2D eigenvalue weighted by Gasteiger charge is -2.35. The first-order valence-electron chi connectivity index (χ1n) is 11.0. The van der Waals surface area contributed by atoms with E-state index in [0.717, 1.165) is 55.2 Å². The third-order valence-electron chi connectivity index (χ3n) is 5.86. The second kappa shape index (κ2) is 11.6. The highest BCUT2D eigenvalue weighted by molar-refractivity contribution is 5.69. The van der Waals surface area contributed by atoms with Gasteiger partial charge < -0.3 is 19.9 Å². The molecule has 1 fully saturated rings. The Morgan fingerprint density at radius 3 is 2.56 bits per heavy atom. The van der Waals surface area contributed by atoms with E-state index < -0.39 is 5.97 Å². The largest absolute Gasteiger partial charge is 0.481 e. The molecule has 0 aromatic heterocycles. The molecule has 32 heavy (non-hydrogen) atoms. The number of nitriles is 1. The molecular weight excluding hydrogens is 406 g/mol. The third-order valence-corrected chi connectivity index (χ3v) is 5.86. The number of benzene rings is 2. The molecule has 1 unspecified atom stereocenters. The van der Waals surface area contributed by atoms with Crippen LogP contribution in [0.4, 0.5) is 11.4 Å². The molecule has 0 spiro atoms. The first kappa shape index (κ1) is 23.7. The Morgan fingerprint density at radius 1 is 1.25 bits per heavy atom. The normalized spacial score (nSPS) is 16.2. The quantitative estimate of drug-likeness (QED) is 0.572. The zero-order valence-electron chi connectivity index (χ0n) is 18.7. The van der Waals surface area contributed by atoms with Crippen molar-refractivity contribution in [2.24, 2.45) is 0 Å². The van der Waals surface area contributed by atoms with Crippen LogP contribution in [0.15, 0.2) is 42.5 Å². The summed E-state index contributed by atoms with van der Waals surface area (Å²) in [6.45, 7) is 5.72. The van der Waals surface area contributed by atoms with Gasteiger partial charge in [-0.25, -0.2) is 0 Å². The number of ether oxygens (including phenoxy) is 2. The van der Waals surface area contributed by atoms with E-state index in [1.54, 1.807) is 19.2 Å². The summed E-state index contributed by atoms with van der Waals surface area (Å²) in [4.78, 5) is 13.8. The summed E-state index contributed by atoms with van der Waals surface area (Å²) >= 11 is 0. The van der Waals surface area contributed by atoms with Crippen molar-refractivity contribution in [3.63, 3.8) is 0 Å². The standard InChI is InChI=1S/C25H31N3O4/c1-3-24(28-10-12-32-13-11-28)22-9-6-19(20(17-31-2)15-25(29)30)14-23(22)27-21-7-4-18(16-26)5-8-21/h4-9,14,20,24,27H,3,10-13,15,17H2,1-2H3,(H,29,30)/t20?,24-/m0/s1. The van der Waals surface area contributed by atoms with Crippen LogP contribution in [0, 0.1) is 11.3 Å². The Morgan fingerprint density at radius 2 is 1.97 bits per heavy atom. The Hall–Kier alpha value is -2.92. The average molecular weight is 438 g/mol. The molecule has 170 valence electrons. The molecule has 0 aliphatic carbocycles. The van der Waals surface area contributed by atoms with Crippen LogP contribution in [0.2, 0.25) is 0 Å². The van der Waals surface area contributed by atoms with Gasteiger partial charge in [0.25, 0.3) is 0 Å². The lowest BCUT2D eigenvalue weighted by molar-refractivity contribution is -0.137. The first-order valence-corrected chi connectivity index (χ1v) is 11.0.